The van der Waals surface area contributed by atoms with Crippen LogP contribution in [-0.4, -0.2) is 26.0 Å². The monoisotopic (exact) mass is 371 g/mol. The molecular formula is C20H18ClNO4. The van der Waals surface area contributed by atoms with Gasteiger partial charge in [-0.25, -0.2) is 4.90 Å². The van der Waals surface area contributed by atoms with Gasteiger partial charge >= 0.3 is 0 Å². The summed E-state index contributed by atoms with van der Waals surface area (Å²) in [7, 11) is 3.10. The second-order valence-corrected chi connectivity index (χ2v) is 6.22. The summed E-state index contributed by atoms with van der Waals surface area (Å²) in [6.07, 6.45) is 3.88. The van der Waals surface area contributed by atoms with Gasteiger partial charge in [-0.3, -0.25) is 9.59 Å². The van der Waals surface area contributed by atoms with Crippen LogP contribution in [-0.2, 0) is 16.0 Å². The van der Waals surface area contributed by atoms with E-state index in [-0.39, 0.29) is 12.3 Å². The number of benzene rings is 2. The van der Waals surface area contributed by atoms with Crippen molar-refractivity contribution in [1.29, 1.82) is 0 Å². The zero-order chi connectivity index (χ0) is 18.7. The standard InChI is InChI=1S/C20H18ClNO4/c1-25-17-8-3-13(11-18(17)26-2)4-9-19(23)22-16-7-6-15(21)12-14(16)5-10-20(22)24/h3-4,6-9,11-12H,5,10H2,1-2H3. The first-order valence-corrected chi connectivity index (χ1v) is 8.46. The van der Waals surface area contributed by atoms with Crippen LogP contribution < -0.4 is 14.4 Å². The van der Waals surface area contributed by atoms with Crippen LogP contribution in [0.25, 0.3) is 6.08 Å². The van der Waals surface area contributed by atoms with Gasteiger partial charge in [0.15, 0.2) is 11.5 Å². The van der Waals surface area contributed by atoms with E-state index in [1.54, 1.807) is 56.7 Å². The van der Waals surface area contributed by atoms with Crippen molar-refractivity contribution in [2.75, 3.05) is 19.1 Å². The van der Waals surface area contributed by atoms with Crippen molar-refractivity contribution in [3.05, 3.63) is 58.6 Å². The maximum Gasteiger partial charge on any atom is 0.257 e. The Bertz CT molecular complexity index is 891. The lowest BCUT2D eigenvalue weighted by atomic mass is 10.0. The molecule has 0 spiro atoms. The third-order valence-corrected chi connectivity index (χ3v) is 4.42. The number of carbonyl (C=O) groups is 2. The molecule has 134 valence electrons. The Labute approximate surface area is 156 Å². The predicted octanol–water partition coefficient (Wildman–Crippen LogP) is 3.88. The smallest absolute Gasteiger partial charge is 0.257 e. The zero-order valence-corrected chi connectivity index (χ0v) is 15.2. The van der Waals surface area contributed by atoms with Crippen LogP contribution in [0.15, 0.2) is 42.5 Å². The van der Waals surface area contributed by atoms with Gasteiger partial charge in [0.05, 0.1) is 19.9 Å². The summed E-state index contributed by atoms with van der Waals surface area (Å²) in [6.45, 7) is 0. The van der Waals surface area contributed by atoms with Crippen molar-refractivity contribution in [2.24, 2.45) is 0 Å². The minimum atomic E-state index is -0.395. The molecule has 0 bridgehead atoms. The lowest BCUT2D eigenvalue weighted by molar-refractivity contribution is -0.124. The molecule has 6 heteroatoms. The fourth-order valence-corrected chi connectivity index (χ4v) is 3.10. The normalized spacial score (nSPS) is 13.7. The number of fused-ring (bicyclic) bond motifs is 1. The van der Waals surface area contributed by atoms with Crippen molar-refractivity contribution in [2.45, 2.75) is 12.8 Å². The van der Waals surface area contributed by atoms with Gasteiger partial charge in [-0.2, -0.15) is 0 Å². The van der Waals surface area contributed by atoms with Gasteiger partial charge in [0.2, 0.25) is 5.91 Å². The molecule has 0 saturated heterocycles. The Hall–Kier alpha value is -2.79. The van der Waals surface area contributed by atoms with Crippen LogP contribution in [0.1, 0.15) is 17.5 Å². The number of carbonyl (C=O) groups excluding carboxylic acids is 2. The second-order valence-electron chi connectivity index (χ2n) is 5.79. The van der Waals surface area contributed by atoms with Crippen LogP contribution in [0.2, 0.25) is 5.02 Å². The summed E-state index contributed by atoms with van der Waals surface area (Å²) in [5, 5.41) is 0.589. The number of anilines is 1. The Morgan fingerprint density at radius 3 is 2.58 bits per heavy atom. The van der Waals surface area contributed by atoms with Gasteiger partial charge in [-0.1, -0.05) is 17.7 Å². The molecule has 0 unspecified atom stereocenters. The van der Waals surface area contributed by atoms with Crippen LogP contribution in [0.3, 0.4) is 0 Å². The predicted molar refractivity (Wildman–Crippen MR) is 101 cm³/mol. The fraction of sp³-hybridized carbons (Fsp3) is 0.200. The summed E-state index contributed by atoms with van der Waals surface area (Å²) >= 11 is 6.01. The molecule has 2 aromatic carbocycles. The second kappa shape index (κ2) is 7.62. The van der Waals surface area contributed by atoms with E-state index < -0.39 is 5.91 Å². The first-order chi connectivity index (χ1) is 12.5. The SMILES string of the molecule is COc1ccc(C=CC(=O)N2C(=O)CCc3cc(Cl)ccc32)cc1OC. The summed E-state index contributed by atoms with van der Waals surface area (Å²) in [4.78, 5) is 26.1. The highest BCUT2D eigenvalue weighted by molar-refractivity contribution is 6.31. The number of nitrogens with zero attached hydrogens (tertiary/aromatic N) is 1. The summed E-state index contributed by atoms with van der Waals surface area (Å²) in [5.41, 5.74) is 2.24. The molecule has 0 radical (unpaired) electrons. The third-order valence-electron chi connectivity index (χ3n) is 4.19. The van der Waals surface area contributed by atoms with Gasteiger partial charge in [0.1, 0.15) is 0 Å². The molecular weight excluding hydrogens is 354 g/mol. The average molecular weight is 372 g/mol. The number of amides is 2. The largest absolute Gasteiger partial charge is 0.493 e. The van der Waals surface area contributed by atoms with E-state index >= 15 is 0 Å². The summed E-state index contributed by atoms with van der Waals surface area (Å²) in [5.74, 6) is 0.555. The Morgan fingerprint density at radius 1 is 1.08 bits per heavy atom. The van der Waals surface area contributed by atoms with Crippen LogP contribution >= 0.6 is 11.6 Å². The highest BCUT2D eigenvalue weighted by Crippen LogP contribution is 2.31. The van der Waals surface area contributed by atoms with E-state index in [2.05, 4.69) is 0 Å². The number of halogens is 1. The number of ether oxygens (including phenoxy) is 2. The minimum absolute atomic E-state index is 0.221. The van der Waals surface area contributed by atoms with E-state index in [1.165, 1.54) is 11.0 Å². The van der Waals surface area contributed by atoms with Crippen molar-refractivity contribution in [3.8, 4) is 11.5 Å². The molecule has 0 N–H and O–H groups in total. The number of rotatable bonds is 4. The van der Waals surface area contributed by atoms with Gasteiger partial charge < -0.3 is 9.47 Å². The van der Waals surface area contributed by atoms with E-state index in [4.69, 9.17) is 21.1 Å². The molecule has 2 aromatic rings. The topological polar surface area (TPSA) is 55.8 Å². The molecule has 0 saturated carbocycles. The summed E-state index contributed by atoms with van der Waals surface area (Å²) < 4.78 is 10.4. The Balaban J connectivity index is 1.86. The van der Waals surface area contributed by atoms with Crippen LogP contribution in [0.5, 0.6) is 11.5 Å². The molecule has 1 heterocycles. The van der Waals surface area contributed by atoms with Crippen LogP contribution in [0.4, 0.5) is 5.69 Å². The Morgan fingerprint density at radius 2 is 1.85 bits per heavy atom. The maximum absolute atomic E-state index is 12.6. The third kappa shape index (κ3) is 3.58. The minimum Gasteiger partial charge on any atom is -0.493 e. The fourth-order valence-electron chi connectivity index (χ4n) is 2.90. The lowest BCUT2D eigenvalue weighted by Gasteiger charge is -2.26. The molecule has 0 aliphatic carbocycles. The summed E-state index contributed by atoms with van der Waals surface area (Å²) in [6, 6.07) is 10.5. The Kier molecular flexibility index (Phi) is 5.28. The molecule has 26 heavy (non-hydrogen) atoms. The van der Waals surface area contributed by atoms with Gasteiger partial charge in [0.25, 0.3) is 5.91 Å². The van der Waals surface area contributed by atoms with Crippen molar-refractivity contribution < 1.29 is 19.1 Å². The van der Waals surface area contributed by atoms with Gasteiger partial charge in [-0.15, -0.1) is 0 Å². The van der Waals surface area contributed by atoms with Crippen molar-refractivity contribution >= 4 is 35.2 Å². The highest BCUT2D eigenvalue weighted by Gasteiger charge is 2.28. The van der Waals surface area contributed by atoms with E-state index in [1.807, 2.05) is 0 Å². The molecule has 0 atom stereocenters. The quantitative estimate of drug-likeness (QED) is 0.765. The average Bonchev–Trinajstić information content (AvgIpc) is 2.65. The molecule has 1 aliphatic heterocycles. The zero-order valence-electron chi connectivity index (χ0n) is 14.5. The number of imide groups is 1. The first kappa shape index (κ1) is 18.0. The number of hydrogen-bond acceptors (Lipinski definition) is 4. The van der Waals surface area contributed by atoms with Gasteiger partial charge in [0, 0.05) is 17.5 Å². The first-order valence-electron chi connectivity index (χ1n) is 8.09. The number of methoxy groups -OCH3 is 2. The molecule has 1 aliphatic rings. The lowest BCUT2D eigenvalue weighted by Crippen LogP contribution is -2.39. The number of aryl methyl sites for hydroxylation is 1. The van der Waals surface area contributed by atoms with Gasteiger partial charge in [-0.05, 0) is 54.0 Å². The number of hydrogen-bond donors (Lipinski definition) is 0. The van der Waals surface area contributed by atoms with E-state index in [0.717, 1.165) is 11.1 Å². The molecule has 3 rings (SSSR count). The molecule has 0 aromatic heterocycles. The molecule has 2 amide bonds. The van der Waals surface area contributed by atoms with Crippen molar-refractivity contribution in [1.82, 2.24) is 0 Å². The molecule has 0 fully saturated rings. The molecule has 5 nitrogen and oxygen atoms in total. The maximum atomic E-state index is 12.6. The van der Waals surface area contributed by atoms with E-state index in [0.29, 0.717) is 28.6 Å². The van der Waals surface area contributed by atoms with E-state index in [9.17, 15) is 9.59 Å². The van der Waals surface area contributed by atoms with Crippen LogP contribution in [0, 0.1) is 0 Å². The van der Waals surface area contributed by atoms with Crippen molar-refractivity contribution in [3.63, 3.8) is 0 Å². The highest BCUT2D eigenvalue weighted by atomic mass is 35.5.